The summed E-state index contributed by atoms with van der Waals surface area (Å²) in [4.78, 5) is 25.0. The van der Waals surface area contributed by atoms with Crippen LogP contribution in [0.25, 0.3) is 11.0 Å². The highest BCUT2D eigenvalue weighted by molar-refractivity contribution is 6.30. The maximum atomic E-state index is 12.8. The highest BCUT2D eigenvalue weighted by atomic mass is 35.5. The molecule has 31 heavy (non-hydrogen) atoms. The van der Waals surface area contributed by atoms with Gasteiger partial charge >= 0.3 is 0 Å². The van der Waals surface area contributed by atoms with Gasteiger partial charge in [-0.3, -0.25) is 9.59 Å². The van der Waals surface area contributed by atoms with Crippen molar-refractivity contribution in [2.24, 2.45) is 0 Å². The predicted octanol–water partition coefficient (Wildman–Crippen LogP) is 5.51. The Kier molecular flexibility index (Phi) is 5.91. The van der Waals surface area contributed by atoms with Crippen molar-refractivity contribution in [2.75, 3.05) is 13.7 Å². The Morgan fingerprint density at radius 3 is 2.52 bits per heavy atom. The van der Waals surface area contributed by atoms with Gasteiger partial charge in [-0.25, -0.2) is 0 Å². The third kappa shape index (κ3) is 4.70. The second kappa shape index (κ2) is 8.93. The first kappa shape index (κ1) is 20.5. The van der Waals surface area contributed by atoms with E-state index in [0.717, 1.165) is 0 Å². The minimum absolute atomic E-state index is 0.0485. The number of hydrogen-bond donors (Lipinski definition) is 0. The second-order valence-corrected chi connectivity index (χ2v) is 7.02. The Hall–Kier alpha value is -3.77. The molecular formula is C24H17ClO6. The van der Waals surface area contributed by atoms with Crippen molar-refractivity contribution in [2.45, 2.75) is 0 Å². The molecule has 0 aliphatic heterocycles. The zero-order chi connectivity index (χ0) is 21.8. The molecule has 0 radical (unpaired) electrons. The van der Waals surface area contributed by atoms with Crippen LogP contribution in [0.2, 0.25) is 5.02 Å². The van der Waals surface area contributed by atoms with Crippen molar-refractivity contribution < 1.29 is 23.4 Å². The molecule has 1 aromatic heterocycles. The van der Waals surface area contributed by atoms with Crippen LogP contribution in [0.3, 0.4) is 0 Å². The molecule has 0 bridgehead atoms. The molecule has 4 rings (SSSR count). The average molecular weight is 437 g/mol. The minimum Gasteiger partial charge on any atom is -0.497 e. The molecule has 6 nitrogen and oxygen atoms in total. The summed E-state index contributed by atoms with van der Waals surface area (Å²) in [6.07, 6.45) is 1.24. The van der Waals surface area contributed by atoms with Crippen LogP contribution in [0.1, 0.15) is 10.4 Å². The number of carbonyl (C=O) groups excluding carboxylic acids is 1. The lowest BCUT2D eigenvalue weighted by Crippen LogP contribution is -2.11. The van der Waals surface area contributed by atoms with E-state index in [1.807, 2.05) is 0 Å². The molecule has 0 N–H and O–H groups in total. The van der Waals surface area contributed by atoms with Crippen molar-refractivity contribution >= 4 is 28.4 Å². The van der Waals surface area contributed by atoms with Gasteiger partial charge in [0.2, 0.25) is 11.2 Å². The maximum absolute atomic E-state index is 12.8. The Morgan fingerprint density at radius 2 is 1.74 bits per heavy atom. The van der Waals surface area contributed by atoms with Crippen molar-refractivity contribution in [1.82, 2.24) is 0 Å². The third-order valence-corrected chi connectivity index (χ3v) is 4.77. The van der Waals surface area contributed by atoms with Crippen LogP contribution in [0.15, 0.2) is 82.2 Å². The van der Waals surface area contributed by atoms with Gasteiger partial charge in [0, 0.05) is 22.7 Å². The van der Waals surface area contributed by atoms with E-state index in [9.17, 15) is 9.59 Å². The number of hydrogen-bond acceptors (Lipinski definition) is 6. The lowest BCUT2D eigenvalue weighted by Gasteiger charge is -2.09. The van der Waals surface area contributed by atoms with E-state index in [1.54, 1.807) is 73.8 Å². The molecule has 4 aromatic rings. The minimum atomic E-state index is -0.326. The van der Waals surface area contributed by atoms with Crippen LogP contribution in [-0.4, -0.2) is 19.5 Å². The molecule has 0 spiro atoms. The zero-order valence-corrected chi connectivity index (χ0v) is 17.2. The second-order valence-electron chi connectivity index (χ2n) is 6.59. The number of ether oxygens (including phenoxy) is 3. The fourth-order valence-corrected chi connectivity index (χ4v) is 3.04. The van der Waals surface area contributed by atoms with Crippen LogP contribution >= 0.6 is 11.6 Å². The quantitative estimate of drug-likeness (QED) is 0.356. The number of rotatable bonds is 7. The third-order valence-electron chi connectivity index (χ3n) is 4.52. The predicted molar refractivity (Wildman–Crippen MR) is 117 cm³/mol. The smallest absolute Gasteiger partial charge is 0.235 e. The lowest BCUT2D eigenvalue weighted by atomic mass is 10.1. The summed E-state index contributed by atoms with van der Waals surface area (Å²) in [6.45, 7) is -0.158. The summed E-state index contributed by atoms with van der Waals surface area (Å²) in [5.41, 5.74) is 0.489. The van der Waals surface area contributed by atoms with Gasteiger partial charge in [0.1, 0.15) is 29.1 Å². The van der Waals surface area contributed by atoms with E-state index in [2.05, 4.69) is 0 Å². The molecular weight excluding hydrogens is 420 g/mol. The lowest BCUT2D eigenvalue weighted by molar-refractivity contribution is 0.0921. The van der Waals surface area contributed by atoms with E-state index in [1.165, 1.54) is 6.26 Å². The summed E-state index contributed by atoms with van der Waals surface area (Å²) >= 11 is 5.83. The maximum Gasteiger partial charge on any atom is 0.235 e. The van der Waals surface area contributed by atoms with Crippen LogP contribution in [0.5, 0.6) is 23.0 Å². The van der Waals surface area contributed by atoms with Crippen molar-refractivity contribution in [3.05, 3.63) is 93.8 Å². The standard InChI is InChI=1S/C24H17ClO6/c1-28-17-3-2-4-19(11-17)31-23-14-30-22-12-18(9-10-20(22)24(23)27)29-13-21(26)15-5-7-16(25)8-6-15/h2-12,14H,13H2,1H3. The zero-order valence-electron chi connectivity index (χ0n) is 16.5. The molecule has 0 saturated heterocycles. The molecule has 7 heteroatoms. The van der Waals surface area contributed by atoms with E-state index >= 15 is 0 Å². The van der Waals surface area contributed by atoms with Crippen molar-refractivity contribution in [3.8, 4) is 23.0 Å². The monoisotopic (exact) mass is 436 g/mol. The molecule has 0 unspecified atom stereocenters. The van der Waals surface area contributed by atoms with Crippen LogP contribution in [-0.2, 0) is 0 Å². The summed E-state index contributed by atoms with van der Waals surface area (Å²) in [7, 11) is 1.55. The average Bonchev–Trinajstić information content (AvgIpc) is 2.80. The van der Waals surface area contributed by atoms with Gasteiger partial charge in [0.25, 0.3) is 0 Å². The Labute approximate surface area is 182 Å². The van der Waals surface area contributed by atoms with E-state index in [-0.39, 0.29) is 23.6 Å². The fraction of sp³-hybridized carbons (Fsp3) is 0.0833. The van der Waals surface area contributed by atoms with Gasteiger partial charge in [-0.1, -0.05) is 17.7 Å². The number of halogens is 1. The fourth-order valence-electron chi connectivity index (χ4n) is 2.91. The largest absolute Gasteiger partial charge is 0.497 e. The number of methoxy groups -OCH3 is 1. The van der Waals surface area contributed by atoms with E-state index < -0.39 is 0 Å². The number of fused-ring (bicyclic) bond motifs is 1. The van der Waals surface area contributed by atoms with Gasteiger partial charge in [0.05, 0.1) is 12.5 Å². The summed E-state index contributed by atoms with van der Waals surface area (Å²) in [5, 5.41) is 0.883. The molecule has 0 atom stereocenters. The van der Waals surface area contributed by atoms with Crippen LogP contribution < -0.4 is 19.6 Å². The SMILES string of the molecule is COc1cccc(Oc2coc3cc(OCC(=O)c4ccc(Cl)cc4)ccc3c2=O)c1. The highest BCUT2D eigenvalue weighted by Crippen LogP contribution is 2.26. The summed E-state index contributed by atoms with van der Waals surface area (Å²) in [5.74, 6) is 1.32. The molecule has 3 aromatic carbocycles. The molecule has 156 valence electrons. The number of carbonyl (C=O) groups is 1. The molecule has 0 saturated carbocycles. The molecule has 0 aliphatic rings. The molecule has 0 amide bonds. The number of ketones is 1. The summed E-state index contributed by atoms with van der Waals surface area (Å²) in [6, 6.07) is 18.2. The van der Waals surface area contributed by atoms with Crippen LogP contribution in [0.4, 0.5) is 0 Å². The van der Waals surface area contributed by atoms with Crippen molar-refractivity contribution in [3.63, 3.8) is 0 Å². The van der Waals surface area contributed by atoms with Crippen LogP contribution in [0, 0.1) is 0 Å². The van der Waals surface area contributed by atoms with Gasteiger partial charge in [0.15, 0.2) is 12.4 Å². The number of benzene rings is 3. The first-order valence-electron chi connectivity index (χ1n) is 9.32. The van der Waals surface area contributed by atoms with E-state index in [0.29, 0.717) is 38.8 Å². The summed E-state index contributed by atoms with van der Waals surface area (Å²) < 4.78 is 21.9. The number of Topliss-reactive ketones (excluding diaryl/α,β-unsaturated/α-hetero) is 1. The first-order chi connectivity index (χ1) is 15.0. The molecule has 1 heterocycles. The van der Waals surface area contributed by atoms with Gasteiger partial charge in [-0.05, 0) is 48.5 Å². The topological polar surface area (TPSA) is 75.0 Å². The van der Waals surface area contributed by atoms with Gasteiger partial charge in [-0.15, -0.1) is 0 Å². The Bertz CT molecular complexity index is 1290. The molecule has 0 fully saturated rings. The van der Waals surface area contributed by atoms with E-state index in [4.69, 9.17) is 30.2 Å². The normalized spacial score (nSPS) is 10.6. The Balaban J connectivity index is 1.50. The molecule has 0 aliphatic carbocycles. The first-order valence-corrected chi connectivity index (χ1v) is 9.70. The van der Waals surface area contributed by atoms with Gasteiger partial charge < -0.3 is 18.6 Å². The van der Waals surface area contributed by atoms with Crippen molar-refractivity contribution in [1.29, 1.82) is 0 Å². The highest BCUT2D eigenvalue weighted by Gasteiger charge is 2.12. The Morgan fingerprint density at radius 1 is 0.968 bits per heavy atom. The van der Waals surface area contributed by atoms with Gasteiger partial charge in [-0.2, -0.15) is 0 Å².